The van der Waals surface area contributed by atoms with Crippen molar-refractivity contribution in [3.63, 3.8) is 0 Å². The Kier molecular flexibility index (Phi) is 3.75. The average molecular weight is 294 g/mol. The third-order valence-electron chi connectivity index (χ3n) is 2.47. The van der Waals surface area contributed by atoms with Crippen LogP contribution in [0.5, 0.6) is 0 Å². The standard InChI is InChI=1S/C11H11ClF3N3O/c1-7-8(2-3-19-7)4-16-10-9(12)5-18(17-10)6-11(13,14)15/h2-3,5H,4,6H2,1H3,(H,16,17). The van der Waals surface area contributed by atoms with E-state index in [1.807, 2.05) is 0 Å². The molecule has 104 valence electrons. The molecule has 0 saturated heterocycles. The highest BCUT2D eigenvalue weighted by Gasteiger charge is 2.28. The van der Waals surface area contributed by atoms with Crippen molar-refractivity contribution in [2.45, 2.75) is 26.2 Å². The van der Waals surface area contributed by atoms with Gasteiger partial charge in [0, 0.05) is 18.3 Å². The van der Waals surface area contributed by atoms with Gasteiger partial charge in [0.05, 0.1) is 6.26 Å². The Hall–Kier alpha value is -1.63. The van der Waals surface area contributed by atoms with Gasteiger partial charge in [-0.15, -0.1) is 0 Å². The van der Waals surface area contributed by atoms with Crippen LogP contribution in [0, 0.1) is 6.92 Å². The van der Waals surface area contributed by atoms with E-state index in [9.17, 15) is 13.2 Å². The first-order valence-electron chi connectivity index (χ1n) is 5.42. The molecule has 0 spiro atoms. The van der Waals surface area contributed by atoms with Gasteiger partial charge in [-0.05, 0) is 13.0 Å². The van der Waals surface area contributed by atoms with E-state index in [2.05, 4.69) is 10.4 Å². The third-order valence-corrected chi connectivity index (χ3v) is 2.75. The molecule has 0 radical (unpaired) electrons. The van der Waals surface area contributed by atoms with Crippen LogP contribution >= 0.6 is 11.6 Å². The Morgan fingerprint density at radius 1 is 1.47 bits per heavy atom. The van der Waals surface area contributed by atoms with Crippen LogP contribution < -0.4 is 5.32 Å². The molecule has 2 aromatic rings. The maximum Gasteiger partial charge on any atom is 0.408 e. The number of anilines is 1. The van der Waals surface area contributed by atoms with Crippen molar-refractivity contribution in [1.29, 1.82) is 0 Å². The van der Waals surface area contributed by atoms with Crippen molar-refractivity contribution in [1.82, 2.24) is 9.78 Å². The molecule has 0 atom stereocenters. The highest BCUT2D eigenvalue weighted by atomic mass is 35.5. The molecule has 0 saturated carbocycles. The SMILES string of the molecule is Cc1occc1CNc1nn(CC(F)(F)F)cc1Cl. The molecule has 8 heteroatoms. The van der Waals surface area contributed by atoms with Gasteiger partial charge in [0.15, 0.2) is 5.82 Å². The Balaban J connectivity index is 2.03. The average Bonchev–Trinajstić information content (AvgIpc) is 2.80. The molecule has 0 aliphatic carbocycles. The smallest absolute Gasteiger partial charge is 0.408 e. The summed E-state index contributed by atoms with van der Waals surface area (Å²) in [7, 11) is 0. The van der Waals surface area contributed by atoms with Gasteiger partial charge in [0.25, 0.3) is 0 Å². The normalized spacial score (nSPS) is 11.8. The van der Waals surface area contributed by atoms with Crippen molar-refractivity contribution >= 4 is 17.4 Å². The minimum Gasteiger partial charge on any atom is -0.469 e. The first-order chi connectivity index (χ1) is 8.85. The molecule has 0 amide bonds. The van der Waals surface area contributed by atoms with Crippen molar-refractivity contribution in [3.8, 4) is 0 Å². The predicted octanol–water partition coefficient (Wildman–Crippen LogP) is 3.61. The van der Waals surface area contributed by atoms with Crippen LogP contribution in [0.2, 0.25) is 5.02 Å². The Bertz CT molecular complexity index is 562. The fraction of sp³-hybridized carbons (Fsp3) is 0.364. The fourth-order valence-corrected chi connectivity index (χ4v) is 1.77. The highest BCUT2D eigenvalue weighted by molar-refractivity contribution is 6.32. The van der Waals surface area contributed by atoms with E-state index in [0.29, 0.717) is 6.54 Å². The molecule has 19 heavy (non-hydrogen) atoms. The number of rotatable bonds is 4. The van der Waals surface area contributed by atoms with Gasteiger partial charge in [-0.2, -0.15) is 18.3 Å². The van der Waals surface area contributed by atoms with Crippen LogP contribution in [0.3, 0.4) is 0 Å². The van der Waals surface area contributed by atoms with Crippen LogP contribution in [0.1, 0.15) is 11.3 Å². The quantitative estimate of drug-likeness (QED) is 0.936. The molecular formula is C11H11ClF3N3O. The minimum atomic E-state index is -4.33. The van der Waals surface area contributed by atoms with Gasteiger partial charge in [-0.3, -0.25) is 4.68 Å². The van der Waals surface area contributed by atoms with Crippen LogP contribution in [-0.4, -0.2) is 16.0 Å². The molecule has 2 rings (SSSR count). The van der Waals surface area contributed by atoms with E-state index in [4.69, 9.17) is 16.0 Å². The highest BCUT2D eigenvalue weighted by Crippen LogP contribution is 2.24. The zero-order valence-electron chi connectivity index (χ0n) is 9.96. The molecular weight excluding hydrogens is 283 g/mol. The van der Waals surface area contributed by atoms with Crippen molar-refractivity contribution in [2.75, 3.05) is 5.32 Å². The van der Waals surface area contributed by atoms with Crippen LogP contribution in [0.25, 0.3) is 0 Å². The molecule has 0 aliphatic rings. The summed E-state index contributed by atoms with van der Waals surface area (Å²) in [5.41, 5.74) is 0.890. The molecule has 2 aromatic heterocycles. The maximum absolute atomic E-state index is 12.2. The van der Waals surface area contributed by atoms with E-state index in [1.54, 1.807) is 13.0 Å². The second-order valence-corrected chi connectivity index (χ2v) is 4.40. The summed E-state index contributed by atoms with van der Waals surface area (Å²) < 4.78 is 42.5. The molecule has 2 heterocycles. The number of hydrogen-bond donors (Lipinski definition) is 1. The summed E-state index contributed by atoms with van der Waals surface area (Å²) in [5, 5.41) is 6.76. The van der Waals surface area contributed by atoms with E-state index < -0.39 is 12.7 Å². The Morgan fingerprint density at radius 2 is 2.21 bits per heavy atom. The molecule has 0 aromatic carbocycles. The zero-order valence-corrected chi connectivity index (χ0v) is 10.7. The molecule has 1 N–H and O–H groups in total. The number of nitrogens with zero attached hydrogens (tertiary/aromatic N) is 2. The van der Waals surface area contributed by atoms with Gasteiger partial charge >= 0.3 is 6.18 Å². The predicted molar refractivity (Wildman–Crippen MR) is 64.1 cm³/mol. The maximum atomic E-state index is 12.2. The van der Waals surface area contributed by atoms with E-state index in [1.165, 1.54) is 6.26 Å². The first kappa shape index (κ1) is 13.8. The molecule has 0 unspecified atom stereocenters. The summed E-state index contributed by atoms with van der Waals surface area (Å²) in [5.74, 6) is 0.949. The number of aryl methyl sites for hydroxylation is 1. The van der Waals surface area contributed by atoms with Gasteiger partial charge in [-0.25, -0.2) is 0 Å². The van der Waals surface area contributed by atoms with Crippen LogP contribution in [-0.2, 0) is 13.1 Å². The topological polar surface area (TPSA) is 43.0 Å². The largest absolute Gasteiger partial charge is 0.469 e. The Labute approximate surface area is 112 Å². The molecule has 4 nitrogen and oxygen atoms in total. The zero-order chi connectivity index (χ0) is 14.0. The summed E-state index contributed by atoms with van der Waals surface area (Å²) in [6.45, 7) is 1.01. The van der Waals surface area contributed by atoms with Crippen LogP contribution in [0.15, 0.2) is 22.9 Å². The van der Waals surface area contributed by atoms with E-state index in [-0.39, 0.29) is 10.8 Å². The van der Waals surface area contributed by atoms with Gasteiger partial charge in [-0.1, -0.05) is 11.6 Å². The number of aromatic nitrogens is 2. The van der Waals surface area contributed by atoms with Crippen molar-refractivity contribution < 1.29 is 17.6 Å². The van der Waals surface area contributed by atoms with E-state index >= 15 is 0 Å². The van der Waals surface area contributed by atoms with Crippen molar-refractivity contribution in [2.24, 2.45) is 0 Å². The summed E-state index contributed by atoms with van der Waals surface area (Å²) >= 11 is 5.82. The Morgan fingerprint density at radius 3 is 2.79 bits per heavy atom. The van der Waals surface area contributed by atoms with Crippen LogP contribution in [0.4, 0.5) is 19.0 Å². The van der Waals surface area contributed by atoms with Gasteiger partial charge < -0.3 is 9.73 Å². The fourth-order valence-electron chi connectivity index (χ4n) is 1.56. The number of nitrogens with one attached hydrogen (secondary N) is 1. The summed E-state index contributed by atoms with van der Waals surface area (Å²) in [4.78, 5) is 0. The lowest BCUT2D eigenvalue weighted by atomic mass is 10.2. The van der Waals surface area contributed by atoms with Gasteiger partial charge in [0.1, 0.15) is 17.3 Å². The number of alkyl halides is 3. The van der Waals surface area contributed by atoms with E-state index in [0.717, 1.165) is 22.2 Å². The second kappa shape index (κ2) is 5.16. The number of furan rings is 1. The summed E-state index contributed by atoms with van der Waals surface area (Å²) in [6, 6.07) is 1.77. The van der Waals surface area contributed by atoms with Crippen molar-refractivity contribution in [3.05, 3.63) is 34.9 Å². The minimum absolute atomic E-state index is 0.144. The summed E-state index contributed by atoms with van der Waals surface area (Å²) in [6.07, 6.45) is -1.65. The lowest BCUT2D eigenvalue weighted by Crippen LogP contribution is -2.18. The lowest BCUT2D eigenvalue weighted by Gasteiger charge is -2.05. The second-order valence-electron chi connectivity index (χ2n) is 3.99. The lowest BCUT2D eigenvalue weighted by molar-refractivity contribution is -0.142. The molecule has 0 aliphatic heterocycles. The first-order valence-corrected chi connectivity index (χ1v) is 5.79. The monoisotopic (exact) mass is 293 g/mol. The molecule has 0 bridgehead atoms. The molecule has 0 fully saturated rings. The number of halogens is 4. The third kappa shape index (κ3) is 3.66. The number of hydrogen-bond acceptors (Lipinski definition) is 3. The van der Waals surface area contributed by atoms with Gasteiger partial charge in [0.2, 0.25) is 0 Å².